The lowest BCUT2D eigenvalue weighted by atomic mass is 9.88. The van der Waals surface area contributed by atoms with Crippen LogP contribution in [0.3, 0.4) is 0 Å². The zero-order chi connectivity index (χ0) is 21.8. The molecular formula is C25H28F2N2O2. The van der Waals surface area contributed by atoms with Crippen molar-refractivity contribution >= 4 is 11.8 Å². The number of halogens is 2. The van der Waals surface area contributed by atoms with Gasteiger partial charge in [0.05, 0.1) is 5.56 Å². The molecule has 0 spiro atoms. The highest BCUT2D eigenvalue weighted by Crippen LogP contribution is 2.26. The van der Waals surface area contributed by atoms with E-state index in [1.54, 1.807) is 4.90 Å². The Balaban J connectivity index is 1.25. The van der Waals surface area contributed by atoms with Crippen molar-refractivity contribution in [2.75, 3.05) is 26.2 Å². The van der Waals surface area contributed by atoms with Crippen molar-refractivity contribution in [1.29, 1.82) is 0 Å². The Hall–Kier alpha value is -2.76. The van der Waals surface area contributed by atoms with E-state index < -0.39 is 17.5 Å². The molecule has 31 heavy (non-hydrogen) atoms. The molecule has 2 fully saturated rings. The average Bonchev–Trinajstić information content (AvgIpc) is 2.79. The fraction of sp³-hybridized carbons (Fsp3) is 0.440. The fourth-order valence-electron chi connectivity index (χ4n) is 4.73. The highest BCUT2D eigenvalue weighted by Gasteiger charge is 2.32. The molecular weight excluding hydrogens is 398 g/mol. The normalized spacial score (nSPS) is 18.3. The second-order valence-corrected chi connectivity index (χ2v) is 8.65. The number of hydrogen-bond acceptors (Lipinski definition) is 2. The molecule has 0 unspecified atom stereocenters. The molecule has 164 valence electrons. The van der Waals surface area contributed by atoms with Gasteiger partial charge in [-0.1, -0.05) is 30.3 Å². The lowest BCUT2D eigenvalue weighted by Crippen LogP contribution is -2.46. The van der Waals surface area contributed by atoms with Crippen molar-refractivity contribution in [1.82, 2.24) is 9.80 Å². The summed E-state index contributed by atoms with van der Waals surface area (Å²) in [7, 11) is 0. The van der Waals surface area contributed by atoms with Gasteiger partial charge in [-0.3, -0.25) is 9.59 Å². The van der Waals surface area contributed by atoms with E-state index in [1.165, 1.54) is 11.6 Å². The number of piperidine rings is 2. The first-order valence-electron chi connectivity index (χ1n) is 11.1. The van der Waals surface area contributed by atoms with Gasteiger partial charge in [0.25, 0.3) is 5.91 Å². The summed E-state index contributed by atoms with van der Waals surface area (Å²) in [5.74, 6) is -1.29. The smallest absolute Gasteiger partial charge is 0.256 e. The van der Waals surface area contributed by atoms with Crippen LogP contribution < -0.4 is 0 Å². The molecule has 0 aromatic heterocycles. The molecule has 6 heteroatoms. The summed E-state index contributed by atoms with van der Waals surface area (Å²) in [4.78, 5) is 29.1. The minimum Gasteiger partial charge on any atom is -0.342 e. The number of nitrogens with zero attached hydrogens (tertiary/aromatic N) is 2. The monoisotopic (exact) mass is 426 g/mol. The van der Waals surface area contributed by atoms with Gasteiger partial charge in [-0.15, -0.1) is 0 Å². The maximum absolute atomic E-state index is 13.9. The molecule has 0 saturated carbocycles. The second-order valence-electron chi connectivity index (χ2n) is 8.65. The van der Waals surface area contributed by atoms with Crippen LogP contribution in [0.4, 0.5) is 8.78 Å². The van der Waals surface area contributed by atoms with E-state index in [4.69, 9.17) is 0 Å². The molecule has 2 aliphatic heterocycles. The number of rotatable bonds is 4. The summed E-state index contributed by atoms with van der Waals surface area (Å²) in [5, 5.41) is 0. The summed E-state index contributed by atoms with van der Waals surface area (Å²) >= 11 is 0. The first-order valence-corrected chi connectivity index (χ1v) is 11.1. The van der Waals surface area contributed by atoms with Crippen molar-refractivity contribution in [3.63, 3.8) is 0 Å². The number of hydrogen-bond donors (Lipinski definition) is 0. The highest BCUT2D eigenvalue weighted by molar-refractivity contribution is 5.94. The van der Waals surface area contributed by atoms with E-state index in [1.807, 2.05) is 11.0 Å². The van der Waals surface area contributed by atoms with Crippen LogP contribution in [0.2, 0.25) is 0 Å². The van der Waals surface area contributed by atoms with Crippen LogP contribution in [0.15, 0.2) is 48.5 Å². The van der Waals surface area contributed by atoms with E-state index in [9.17, 15) is 18.4 Å². The maximum Gasteiger partial charge on any atom is 0.256 e. The number of amides is 2. The summed E-state index contributed by atoms with van der Waals surface area (Å²) < 4.78 is 27.0. The Bertz CT molecular complexity index is 918. The van der Waals surface area contributed by atoms with Crippen molar-refractivity contribution in [2.24, 2.45) is 11.8 Å². The molecule has 2 aromatic rings. The Kier molecular flexibility index (Phi) is 6.64. The quantitative estimate of drug-likeness (QED) is 0.732. The first kappa shape index (κ1) is 21.5. The van der Waals surface area contributed by atoms with Crippen molar-refractivity contribution in [3.8, 4) is 0 Å². The number of carbonyl (C=O) groups is 2. The minimum absolute atomic E-state index is 0.0900. The molecule has 0 N–H and O–H groups in total. The third-order valence-corrected chi connectivity index (χ3v) is 6.59. The molecule has 2 heterocycles. The Morgan fingerprint density at radius 2 is 1.48 bits per heavy atom. The first-order chi connectivity index (χ1) is 15.0. The van der Waals surface area contributed by atoms with Gasteiger partial charge in [0.2, 0.25) is 5.91 Å². The SMILES string of the molecule is O=C(c1ccc(F)cc1F)N1CCC(C(=O)N2CCC(Cc3ccccc3)CC2)CC1. The minimum atomic E-state index is -0.846. The van der Waals surface area contributed by atoms with Crippen LogP contribution in [0, 0.1) is 23.5 Å². The lowest BCUT2D eigenvalue weighted by Gasteiger charge is -2.37. The predicted molar refractivity (Wildman–Crippen MR) is 114 cm³/mol. The van der Waals surface area contributed by atoms with Crippen LogP contribution in [0.5, 0.6) is 0 Å². The maximum atomic E-state index is 13.9. The third kappa shape index (κ3) is 5.12. The van der Waals surface area contributed by atoms with E-state index in [2.05, 4.69) is 24.3 Å². The van der Waals surface area contributed by atoms with Crippen LogP contribution >= 0.6 is 0 Å². The van der Waals surface area contributed by atoms with Gasteiger partial charge in [-0.2, -0.15) is 0 Å². The average molecular weight is 427 g/mol. The predicted octanol–water partition coefficient (Wildman–Crippen LogP) is 4.30. The van der Waals surface area contributed by atoms with Gasteiger partial charge in [0.15, 0.2) is 0 Å². The molecule has 0 bridgehead atoms. The molecule has 0 radical (unpaired) electrons. The van der Waals surface area contributed by atoms with Gasteiger partial charge in [-0.25, -0.2) is 8.78 Å². The number of likely N-dealkylation sites (tertiary alicyclic amines) is 2. The summed E-state index contributed by atoms with van der Waals surface area (Å²) in [5.41, 5.74) is 1.23. The summed E-state index contributed by atoms with van der Waals surface area (Å²) in [6, 6.07) is 13.5. The Labute approximate surface area is 181 Å². The summed E-state index contributed by atoms with van der Waals surface area (Å²) in [6.45, 7) is 2.40. The third-order valence-electron chi connectivity index (χ3n) is 6.59. The van der Waals surface area contributed by atoms with Crippen molar-refractivity contribution in [3.05, 3.63) is 71.3 Å². The highest BCUT2D eigenvalue weighted by atomic mass is 19.1. The standard InChI is InChI=1S/C25H28F2N2O2/c26-21-6-7-22(23(27)17-21)25(31)29-14-10-20(11-15-29)24(30)28-12-8-19(9-13-28)16-18-4-2-1-3-5-18/h1-7,17,19-20H,8-16H2. The fourth-order valence-corrected chi connectivity index (χ4v) is 4.73. The molecule has 4 rings (SSSR count). The largest absolute Gasteiger partial charge is 0.342 e. The molecule has 2 saturated heterocycles. The van der Waals surface area contributed by atoms with Crippen LogP contribution in [-0.2, 0) is 11.2 Å². The van der Waals surface area contributed by atoms with Gasteiger partial charge in [0, 0.05) is 38.2 Å². The van der Waals surface area contributed by atoms with E-state index in [-0.39, 0.29) is 17.4 Å². The van der Waals surface area contributed by atoms with Gasteiger partial charge < -0.3 is 9.80 Å². The number of carbonyl (C=O) groups excluding carboxylic acids is 2. The van der Waals surface area contributed by atoms with E-state index in [0.29, 0.717) is 31.8 Å². The van der Waals surface area contributed by atoms with E-state index in [0.717, 1.165) is 44.5 Å². The molecule has 2 amide bonds. The second kappa shape index (κ2) is 9.58. The lowest BCUT2D eigenvalue weighted by molar-refractivity contribution is -0.138. The van der Waals surface area contributed by atoms with Crippen LogP contribution in [0.1, 0.15) is 41.6 Å². The molecule has 2 aliphatic rings. The van der Waals surface area contributed by atoms with Gasteiger partial charge in [0.1, 0.15) is 11.6 Å². The zero-order valence-electron chi connectivity index (χ0n) is 17.6. The zero-order valence-corrected chi connectivity index (χ0v) is 17.6. The van der Waals surface area contributed by atoms with E-state index >= 15 is 0 Å². The van der Waals surface area contributed by atoms with Gasteiger partial charge >= 0.3 is 0 Å². The Morgan fingerprint density at radius 3 is 2.13 bits per heavy atom. The van der Waals surface area contributed by atoms with Crippen molar-refractivity contribution < 1.29 is 18.4 Å². The Morgan fingerprint density at radius 1 is 0.839 bits per heavy atom. The van der Waals surface area contributed by atoms with Crippen LogP contribution in [0.25, 0.3) is 0 Å². The topological polar surface area (TPSA) is 40.6 Å². The van der Waals surface area contributed by atoms with Crippen molar-refractivity contribution in [2.45, 2.75) is 32.1 Å². The molecule has 0 aliphatic carbocycles. The molecule has 2 aromatic carbocycles. The van der Waals surface area contributed by atoms with Gasteiger partial charge in [-0.05, 0) is 55.7 Å². The summed E-state index contributed by atoms with van der Waals surface area (Å²) in [6.07, 6.45) is 4.25. The number of benzene rings is 2. The molecule has 4 nitrogen and oxygen atoms in total. The van der Waals surface area contributed by atoms with Crippen LogP contribution in [-0.4, -0.2) is 47.8 Å². The molecule has 0 atom stereocenters.